The van der Waals surface area contributed by atoms with Gasteiger partial charge in [-0.15, -0.1) is 0 Å². The molecule has 2 aliphatic heterocycles. The molecule has 2 fully saturated rings. The van der Waals surface area contributed by atoms with Gasteiger partial charge in [-0.1, -0.05) is 30.3 Å². The zero-order valence-electron chi connectivity index (χ0n) is 16.9. The van der Waals surface area contributed by atoms with Gasteiger partial charge in [0.25, 0.3) is 0 Å². The monoisotopic (exact) mass is 408 g/mol. The molecule has 2 heterocycles. The van der Waals surface area contributed by atoms with Crippen molar-refractivity contribution in [2.24, 2.45) is 0 Å². The fourth-order valence-electron chi connectivity index (χ4n) is 4.52. The molecule has 0 aromatic heterocycles. The lowest BCUT2D eigenvalue weighted by atomic mass is 9.96. The molecule has 0 radical (unpaired) electrons. The SMILES string of the molecule is CC(C)(CNC(=O)NC1CC2CCC(C1)N2Cc1ccccc1)NS(C)(=O)=O. The first-order chi connectivity index (χ1) is 13.1. The minimum atomic E-state index is -3.32. The number of nitrogens with zero attached hydrogens (tertiary/aromatic N) is 1. The van der Waals surface area contributed by atoms with Crippen molar-refractivity contribution in [1.29, 1.82) is 0 Å². The Morgan fingerprint density at radius 3 is 2.32 bits per heavy atom. The average Bonchev–Trinajstić information content (AvgIpc) is 2.82. The first-order valence-electron chi connectivity index (χ1n) is 9.94. The second-order valence-corrected chi connectivity index (χ2v) is 10.5. The molecule has 8 heteroatoms. The zero-order chi connectivity index (χ0) is 20.4. The van der Waals surface area contributed by atoms with Crippen molar-refractivity contribution < 1.29 is 13.2 Å². The summed E-state index contributed by atoms with van der Waals surface area (Å²) in [5.41, 5.74) is 0.604. The highest BCUT2D eigenvalue weighted by atomic mass is 32.2. The number of rotatable bonds is 7. The van der Waals surface area contributed by atoms with Crippen LogP contribution in [0, 0.1) is 0 Å². The van der Waals surface area contributed by atoms with Crippen LogP contribution in [0.15, 0.2) is 30.3 Å². The van der Waals surface area contributed by atoms with Crippen LogP contribution in [0.2, 0.25) is 0 Å². The molecule has 28 heavy (non-hydrogen) atoms. The third kappa shape index (κ3) is 5.93. The Morgan fingerprint density at radius 2 is 1.75 bits per heavy atom. The summed E-state index contributed by atoms with van der Waals surface area (Å²) in [5.74, 6) is 0. The van der Waals surface area contributed by atoms with Crippen LogP contribution in [-0.4, -0.2) is 55.8 Å². The number of benzene rings is 1. The Balaban J connectivity index is 1.47. The van der Waals surface area contributed by atoms with Gasteiger partial charge in [-0.3, -0.25) is 4.90 Å². The number of hydrogen-bond donors (Lipinski definition) is 3. The number of hydrogen-bond acceptors (Lipinski definition) is 4. The number of nitrogens with one attached hydrogen (secondary N) is 3. The minimum absolute atomic E-state index is 0.163. The number of sulfonamides is 1. The molecule has 3 N–H and O–H groups in total. The molecule has 2 aliphatic rings. The van der Waals surface area contributed by atoms with E-state index < -0.39 is 15.6 Å². The maximum atomic E-state index is 12.3. The molecule has 2 amide bonds. The van der Waals surface area contributed by atoms with Crippen molar-refractivity contribution in [3.8, 4) is 0 Å². The van der Waals surface area contributed by atoms with Crippen LogP contribution >= 0.6 is 0 Å². The van der Waals surface area contributed by atoms with E-state index in [0.29, 0.717) is 12.1 Å². The van der Waals surface area contributed by atoms with Gasteiger partial charge in [-0.25, -0.2) is 17.9 Å². The summed E-state index contributed by atoms with van der Waals surface area (Å²) in [6.07, 6.45) is 5.41. The zero-order valence-corrected chi connectivity index (χ0v) is 17.8. The van der Waals surface area contributed by atoms with Crippen molar-refractivity contribution in [1.82, 2.24) is 20.3 Å². The fourth-order valence-corrected chi connectivity index (χ4v) is 5.60. The molecule has 2 bridgehead atoms. The normalized spacial score (nSPS) is 25.5. The van der Waals surface area contributed by atoms with E-state index in [0.717, 1.165) is 25.6 Å². The van der Waals surface area contributed by atoms with Crippen LogP contribution < -0.4 is 15.4 Å². The predicted octanol–water partition coefficient (Wildman–Crippen LogP) is 1.81. The molecular formula is C20H32N4O3S. The van der Waals surface area contributed by atoms with Crippen LogP contribution in [0.3, 0.4) is 0 Å². The van der Waals surface area contributed by atoms with Crippen molar-refractivity contribution >= 4 is 16.1 Å². The van der Waals surface area contributed by atoms with Gasteiger partial charge in [0.05, 0.1) is 6.26 Å². The Morgan fingerprint density at radius 1 is 1.14 bits per heavy atom. The highest BCUT2D eigenvalue weighted by Gasteiger charge is 2.41. The lowest BCUT2D eigenvalue weighted by Gasteiger charge is -2.39. The summed E-state index contributed by atoms with van der Waals surface area (Å²) in [7, 11) is -3.32. The van der Waals surface area contributed by atoms with Gasteiger partial charge in [0.2, 0.25) is 10.0 Å². The summed E-state index contributed by atoms with van der Waals surface area (Å²) in [6.45, 7) is 4.69. The van der Waals surface area contributed by atoms with E-state index in [1.54, 1.807) is 13.8 Å². The van der Waals surface area contributed by atoms with Crippen molar-refractivity contribution in [3.63, 3.8) is 0 Å². The van der Waals surface area contributed by atoms with Gasteiger partial charge in [-0.2, -0.15) is 0 Å². The lowest BCUT2D eigenvalue weighted by molar-refractivity contribution is 0.111. The van der Waals surface area contributed by atoms with Gasteiger partial charge in [-0.05, 0) is 45.1 Å². The van der Waals surface area contributed by atoms with Crippen molar-refractivity contribution in [2.45, 2.75) is 69.7 Å². The van der Waals surface area contributed by atoms with Gasteiger partial charge in [0.15, 0.2) is 0 Å². The molecule has 0 spiro atoms. The van der Waals surface area contributed by atoms with Gasteiger partial charge in [0, 0.05) is 36.8 Å². The third-order valence-electron chi connectivity index (χ3n) is 5.58. The fraction of sp³-hybridized carbons (Fsp3) is 0.650. The van der Waals surface area contributed by atoms with E-state index in [9.17, 15) is 13.2 Å². The quantitative estimate of drug-likeness (QED) is 0.642. The summed E-state index contributed by atoms with van der Waals surface area (Å²) >= 11 is 0. The summed E-state index contributed by atoms with van der Waals surface area (Å²) in [5, 5.41) is 5.89. The first-order valence-corrected chi connectivity index (χ1v) is 11.8. The molecule has 1 aromatic carbocycles. The second kappa shape index (κ2) is 8.39. The molecule has 0 saturated carbocycles. The van der Waals surface area contributed by atoms with Gasteiger partial charge < -0.3 is 10.6 Å². The summed E-state index contributed by atoms with van der Waals surface area (Å²) in [4.78, 5) is 14.9. The number of piperidine rings is 1. The van der Waals surface area contributed by atoms with Gasteiger partial charge in [0.1, 0.15) is 0 Å². The highest BCUT2D eigenvalue weighted by molar-refractivity contribution is 7.88. The maximum absolute atomic E-state index is 12.3. The largest absolute Gasteiger partial charge is 0.336 e. The molecule has 2 atom stereocenters. The molecule has 3 rings (SSSR count). The molecular weight excluding hydrogens is 376 g/mol. The minimum Gasteiger partial charge on any atom is -0.336 e. The number of amides is 2. The number of fused-ring (bicyclic) bond motifs is 2. The van der Waals surface area contributed by atoms with E-state index in [-0.39, 0.29) is 18.6 Å². The molecule has 2 saturated heterocycles. The summed E-state index contributed by atoms with van der Waals surface area (Å²) in [6, 6.07) is 11.5. The Bertz CT molecular complexity index is 768. The Labute approximate surface area is 168 Å². The molecule has 156 valence electrons. The topological polar surface area (TPSA) is 90.5 Å². The lowest BCUT2D eigenvalue weighted by Crippen LogP contribution is -2.55. The van der Waals surface area contributed by atoms with E-state index in [1.165, 1.54) is 18.4 Å². The smallest absolute Gasteiger partial charge is 0.315 e. The Hall–Kier alpha value is -1.64. The van der Waals surface area contributed by atoms with Crippen molar-refractivity contribution in [2.75, 3.05) is 12.8 Å². The first kappa shape index (κ1) is 21.1. The van der Waals surface area contributed by atoms with E-state index in [2.05, 4.69) is 44.5 Å². The Kier molecular flexibility index (Phi) is 6.31. The second-order valence-electron chi connectivity index (χ2n) is 8.80. The number of urea groups is 1. The molecule has 0 aliphatic carbocycles. The highest BCUT2D eigenvalue weighted by Crippen LogP contribution is 2.36. The van der Waals surface area contributed by atoms with Crippen molar-refractivity contribution in [3.05, 3.63) is 35.9 Å². The van der Waals surface area contributed by atoms with Crippen LogP contribution in [0.25, 0.3) is 0 Å². The van der Waals surface area contributed by atoms with Crippen LogP contribution in [0.5, 0.6) is 0 Å². The number of carbonyl (C=O) groups is 1. The molecule has 1 aromatic rings. The summed E-state index contributed by atoms with van der Waals surface area (Å²) < 4.78 is 25.3. The van der Waals surface area contributed by atoms with Crippen LogP contribution in [0.1, 0.15) is 45.1 Å². The molecule has 2 unspecified atom stereocenters. The van der Waals surface area contributed by atoms with E-state index in [1.807, 2.05) is 6.07 Å². The standard InChI is InChI=1S/C20H32N4O3S/c1-20(2,23-28(3,26)27)14-21-19(25)22-16-11-17-9-10-18(12-16)24(17)13-15-7-5-4-6-8-15/h4-8,16-18,23H,9-14H2,1-3H3,(H2,21,22,25). The predicted molar refractivity (Wildman–Crippen MR) is 110 cm³/mol. The van der Waals surface area contributed by atoms with E-state index in [4.69, 9.17) is 0 Å². The van der Waals surface area contributed by atoms with Crippen LogP contribution in [0.4, 0.5) is 4.79 Å². The third-order valence-corrected chi connectivity index (χ3v) is 6.50. The number of carbonyl (C=O) groups excluding carboxylic acids is 1. The molecule has 7 nitrogen and oxygen atoms in total. The van der Waals surface area contributed by atoms with Gasteiger partial charge >= 0.3 is 6.03 Å². The average molecular weight is 409 g/mol. The van der Waals surface area contributed by atoms with Crippen LogP contribution in [-0.2, 0) is 16.6 Å². The van der Waals surface area contributed by atoms with E-state index >= 15 is 0 Å². The maximum Gasteiger partial charge on any atom is 0.315 e.